The molecule has 1 aromatic heterocycles. The molecule has 0 spiro atoms. The molecule has 2 aromatic carbocycles. The first-order valence-electron chi connectivity index (χ1n) is 7.51. The summed E-state index contributed by atoms with van der Waals surface area (Å²) in [7, 11) is 0. The van der Waals surface area contributed by atoms with Crippen LogP contribution < -0.4 is 4.74 Å². The summed E-state index contributed by atoms with van der Waals surface area (Å²) >= 11 is 0. The number of rotatable bonds is 7. The standard InChI is InChI=1S/C17H18N4O2/c1-2-22-13-16(23-15-11-7-4-8-12-15)21-19-17(18-20-21)14-9-5-3-6-10-14/h3-12,16H,2,13H2,1H3. The summed E-state index contributed by atoms with van der Waals surface area (Å²) in [5, 5.41) is 12.6. The van der Waals surface area contributed by atoms with Crippen molar-refractivity contribution in [2.24, 2.45) is 0 Å². The van der Waals surface area contributed by atoms with E-state index in [1.165, 1.54) is 4.80 Å². The highest BCUT2D eigenvalue weighted by Crippen LogP contribution is 2.18. The van der Waals surface area contributed by atoms with Crippen LogP contribution in [0.2, 0.25) is 0 Å². The maximum absolute atomic E-state index is 5.92. The number of hydrogen-bond acceptors (Lipinski definition) is 5. The summed E-state index contributed by atoms with van der Waals surface area (Å²) in [6.07, 6.45) is -0.470. The average molecular weight is 310 g/mol. The van der Waals surface area contributed by atoms with Crippen molar-refractivity contribution in [3.05, 3.63) is 60.7 Å². The van der Waals surface area contributed by atoms with Gasteiger partial charge in [-0.05, 0) is 24.3 Å². The Kier molecular flexibility index (Phi) is 4.95. The molecule has 0 bridgehead atoms. The number of benzene rings is 2. The molecule has 118 valence electrons. The van der Waals surface area contributed by atoms with Crippen LogP contribution in [0.5, 0.6) is 5.75 Å². The highest BCUT2D eigenvalue weighted by atomic mass is 16.5. The van der Waals surface area contributed by atoms with Crippen molar-refractivity contribution in [1.82, 2.24) is 20.2 Å². The molecule has 1 unspecified atom stereocenters. The summed E-state index contributed by atoms with van der Waals surface area (Å²) in [6.45, 7) is 2.87. The normalized spacial score (nSPS) is 12.0. The van der Waals surface area contributed by atoms with Gasteiger partial charge in [0.25, 0.3) is 0 Å². The van der Waals surface area contributed by atoms with Crippen molar-refractivity contribution in [3.63, 3.8) is 0 Å². The van der Waals surface area contributed by atoms with Crippen LogP contribution in [-0.4, -0.2) is 33.4 Å². The lowest BCUT2D eigenvalue weighted by Crippen LogP contribution is -2.24. The van der Waals surface area contributed by atoms with Gasteiger partial charge in [0.2, 0.25) is 12.1 Å². The molecule has 6 heteroatoms. The fraction of sp³-hybridized carbons (Fsp3) is 0.235. The van der Waals surface area contributed by atoms with Gasteiger partial charge in [-0.15, -0.1) is 15.0 Å². The van der Waals surface area contributed by atoms with Gasteiger partial charge in [-0.1, -0.05) is 48.5 Å². The molecule has 0 fully saturated rings. The third-order valence-corrected chi connectivity index (χ3v) is 3.20. The SMILES string of the molecule is CCOCC(Oc1ccccc1)n1nnc(-c2ccccc2)n1. The second-order valence-corrected chi connectivity index (χ2v) is 4.84. The van der Waals surface area contributed by atoms with Crippen LogP contribution in [0.25, 0.3) is 11.4 Å². The van der Waals surface area contributed by atoms with Crippen molar-refractivity contribution in [3.8, 4) is 17.1 Å². The van der Waals surface area contributed by atoms with E-state index in [-0.39, 0.29) is 0 Å². The summed E-state index contributed by atoms with van der Waals surface area (Å²) < 4.78 is 11.4. The number of tetrazole rings is 1. The maximum atomic E-state index is 5.92. The summed E-state index contributed by atoms with van der Waals surface area (Å²) in [5.41, 5.74) is 0.911. The van der Waals surface area contributed by atoms with E-state index in [4.69, 9.17) is 9.47 Å². The van der Waals surface area contributed by atoms with Gasteiger partial charge in [-0.3, -0.25) is 0 Å². The molecule has 3 aromatic rings. The Balaban J connectivity index is 1.81. The van der Waals surface area contributed by atoms with Crippen molar-refractivity contribution in [2.45, 2.75) is 13.2 Å². The van der Waals surface area contributed by atoms with Crippen LogP contribution in [0.3, 0.4) is 0 Å². The van der Waals surface area contributed by atoms with Crippen LogP contribution in [0.4, 0.5) is 0 Å². The van der Waals surface area contributed by atoms with Crippen LogP contribution in [-0.2, 0) is 4.74 Å². The summed E-state index contributed by atoms with van der Waals surface area (Å²) in [6, 6.07) is 19.2. The van der Waals surface area contributed by atoms with Gasteiger partial charge in [0, 0.05) is 12.2 Å². The number of aromatic nitrogens is 4. The fourth-order valence-corrected chi connectivity index (χ4v) is 2.07. The van der Waals surface area contributed by atoms with E-state index in [1.54, 1.807) is 0 Å². The summed E-state index contributed by atoms with van der Waals surface area (Å²) in [4.78, 5) is 1.45. The minimum absolute atomic E-state index is 0.343. The topological polar surface area (TPSA) is 62.1 Å². The molecule has 6 nitrogen and oxygen atoms in total. The lowest BCUT2D eigenvalue weighted by atomic mass is 10.2. The highest BCUT2D eigenvalue weighted by molar-refractivity contribution is 5.52. The Morgan fingerprint density at radius 3 is 2.39 bits per heavy atom. The van der Waals surface area contributed by atoms with Gasteiger partial charge in [0.05, 0.1) is 0 Å². The van der Waals surface area contributed by atoms with E-state index in [0.717, 1.165) is 11.3 Å². The van der Waals surface area contributed by atoms with Crippen molar-refractivity contribution >= 4 is 0 Å². The molecule has 0 saturated heterocycles. The Morgan fingerprint density at radius 1 is 1.00 bits per heavy atom. The zero-order chi connectivity index (χ0) is 15.9. The van der Waals surface area contributed by atoms with E-state index in [0.29, 0.717) is 19.0 Å². The molecule has 0 amide bonds. The Labute approximate surface area is 134 Å². The lowest BCUT2D eigenvalue weighted by molar-refractivity contribution is 0.00103. The van der Waals surface area contributed by atoms with Crippen molar-refractivity contribution in [2.75, 3.05) is 13.2 Å². The average Bonchev–Trinajstić information content (AvgIpc) is 3.10. The minimum Gasteiger partial charge on any atom is -0.464 e. The fourth-order valence-electron chi connectivity index (χ4n) is 2.07. The molecule has 23 heavy (non-hydrogen) atoms. The number of nitrogens with zero attached hydrogens (tertiary/aromatic N) is 4. The van der Waals surface area contributed by atoms with Gasteiger partial charge in [-0.25, -0.2) is 0 Å². The number of ether oxygens (including phenoxy) is 2. The van der Waals surface area contributed by atoms with Crippen LogP contribution >= 0.6 is 0 Å². The van der Waals surface area contributed by atoms with E-state index >= 15 is 0 Å². The second kappa shape index (κ2) is 7.51. The number of hydrogen-bond donors (Lipinski definition) is 0. The number of para-hydroxylation sites is 1. The van der Waals surface area contributed by atoms with E-state index < -0.39 is 6.23 Å². The predicted octanol–water partition coefficient (Wildman–Crippen LogP) is 2.95. The third-order valence-electron chi connectivity index (χ3n) is 3.20. The molecule has 0 saturated carbocycles. The van der Waals surface area contributed by atoms with Crippen LogP contribution in [0, 0.1) is 0 Å². The smallest absolute Gasteiger partial charge is 0.234 e. The van der Waals surface area contributed by atoms with Crippen LogP contribution in [0.1, 0.15) is 13.2 Å². The summed E-state index contributed by atoms with van der Waals surface area (Å²) in [5.74, 6) is 1.29. The molecule has 0 aliphatic heterocycles. The van der Waals surface area contributed by atoms with E-state index in [9.17, 15) is 0 Å². The van der Waals surface area contributed by atoms with Gasteiger partial charge in [0.15, 0.2) is 0 Å². The quantitative estimate of drug-likeness (QED) is 0.671. The lowest BCUT2D eigenvalue weighted by Gasteiger charge is -2.17. The Morgan fingerprint density at radius 2 is 1.70 bits per heavy atom. The molecule has 0 radical (unpaired) electrons. The Hall–Kier alpha value is -2.73. The minimum atomic E-state index is -0.470. The first kappa shape index (κ1) is 15.2. The molecule has 1 heterocycles. The molecule has 0 aliphatic rings. The molecular formula is C17H18N4O2. The first-order chi connectivity index (χ1) is 11.4. The van der Waals surface area contributed by atoms with Crippen molar-refractivity contribution in [1.29, 1.82) is 0 Å². The molecule has 1 atom stereocenters. The molecule has 0 N–H and O–H groups in total. The highest BCUT2D eigenvalue weighted by Gasteiger charge is 2.17. The second-order valence-electron chi connectivity index (χ2n) is 4.84. The van der Waals surface area contributed by atoms with E-state index in [2.05, 4.69) is 15.4 Å². The van der Waals surface area contributed by atoms with Gasteiger partial charge in [0.1, 0.15) is 12.4 Å². The molecule has 0 aliphatic carbocycles. The predicted molar refractivity (Wildman–Crippen MR) is 85.9 cm³/mol. The largest absolute Gasteiger partial charge is 0.464 e. The molecular weight excluding hydrogens is 292 g/mol. The molecule has 3 rings (SSSR count). The van der Waals surface area contributed by atoms with Gasteiger partial charge < -0.3 is 9.47 Å². The Bertz CT molecular complexity index is 716. The first-order valence-corrected chi connectivity index (χ1v) is 7.51. The third kappa shape index (κ3) is 3.92. The van der Waals surface area contributed by atoms with E-state index in [1.807, 2.05) is 67.6 Å². The van der Waals surface area contributed by atoms with Crippen molar-refractivity contribution < 1.29 is 9.47 Å². The van der Waals surface area contributed by atoms with Gasteiger partial charge >= 0.3 is 0 Å². The zero-order valence-electron chi connectivity index (χ0n) is 12.9. The van der Waals surface area contributed by atoms with Gasteiger partial charge in [-0.2, -0.15) is 0 Å². The maximum Gasteiger partial charge on any atom is 0.234 e. The monoisotopic (exact) mass is 310 g/mol. The zero-order valence-corrected chi connectivity index (χ0v) is 12.9. The van der Waals surface area contributed by atoms with Crippen LogP contribution in [0.15, 0.2) is 60.7 Å².